The summed E-state index contributed by atoms with van der Waals surface area (Å²) in [7, 11) is 2.14. The highest BCUT2D eigenvalue weighted by Gasteiger charge is 2.30. The molecule has 106 valence electrons. The average Bonchev–Trinajstić information content (AvgIpc) is 2.28. The van der Waals surface area contributed by atoms with Crippen molar-refractivity contribution in [3.05, 3.63) is 0 Å². The topological polar surface area (TPSA) is 26.8 Å². The lowest BCUT2D eigenvalue weighted by Crippen LogP contribution is -2.56. The summed E-state index contributed by atoms with van der Waals surface area (Å²) in [5.74, 6) is 0.268. The minimum Gasteiger partial charge on any atom is -0.336 e. The molecule has 18 heavy (non-hydrogen) atoms. The lowest BCUT2D eigenvalue weighted by atomic mass is 10.1. The minimum absolute atomic E-state index is 0.00324. The van der Waals surface area contributed by atoms with Crippen molar-refractivity contribution in [3.63, 3.8) is 0 Å². The number of hydrogen-bond acceptors (Lipinski definition) is 3. The molecule has 4 nitrogen and oxygen atoms in total. The SMILES string of the molecule is CC(C)N(C(=O)[C@@H](C)N1CCN(C)CC1)C(C)C. The van der Waals surface area contributed by atoms with Crippen molar-refractivity contribution < 1.29 is 4.79 Å². The van der Waals surface area contributed by atoms with Crippen LogP contribution < -0.4 is 0 Å². The fourth-order valence-electron chi connectivity index (χ4n) is 2.69. The highest BCUT2D eigenvalue weighted by Crippen LogP contribution is 2.13. The van der Waals surface area contributed by atoms with E-state index < -0.39 is 0 Å². The van der Waals surface area contributed by atoms with Crippen LogP contribution in [-0.2, 0) is 4.79 Å². The van der Waals surface area contributed by atoms with Gasteiger partial charge in [-0.05, 0) is 41.7 Å². The fourth-order valence-corrected chi connectivity index (χ4v) is 2.69. The van der Waals surface area contributed by atoms with Gasteiger partial charge in [-0.15, -0.1) is 0 Å². The van der Waals surface area contributed by atoms with Crippen LogP contribution in [0, 0.1) is 0 Å². The van der Waals surface area contributed by atoms with Crippen LogP contribution in [0.25, 0.3) is 0 Å². The lowest BCUT2D eigenvalue weighted by molar-refractivity contribution is -0.140. The van der Waals surface area contributed by atoms with Crippen molar-refractivity contribution in [3.8, 4) is 0 Å². The van der Waals surface area contributed by atoms with E-state index in [1.54, 1.807) is 0 Å². The van der Waals surface area contributed by atoms with E-state index in [0.29, 0.717) is 0 Å². The van der Waals surface area contributed by atoms with E-state index in [4.69, 9.17) is 0 Å². The Kier molecular flexibility index (Phi) is 5.60. The predicted molar refractivity (Wildman–Crippen MR) is 75.7 cm³/mol. The zero-order valence-electron chi connectivity index (χ0n) is 12.8. The summed E-state index contributed by atoms with van der Waals surface area (Å²) in [4.78, 5) is 19.2. The highest BCUT2D eigenvalue weighted by molar-refractivity contribution is 5.82. The largest absolute Gasteiger partial charge is 0.336 e. The van der Waals surface area contributed by atoms with Crippen LogP contribution in [0.3, 0.4) is 0 Å². The van der Waals surface area contributed by atoms with Gasteiger partial charge >= 0.3 is 0 Å². The predicted octanol–water partition coefficient (Wildman–Crippen LogP) is 1.27. The van der Waals surface area contributed by atoms with Gasteiger partial charge in [0.1, 0.15) is 0 Å². The third-order valence-corrected chi connectivity index (χ3v) is 3.81. The minimum atomic E-state index is 0.00324. The highest BCUT2D eigenvalue weighted by atomic mass is 16.2. The Labute approximate surface area is 112 Å². The monoisotopic (exact) mass is 255 g/mol. The van der Waals surface area contributed by atoms with Crippen molar-refractivity contribution in [2.45, 2.75) is 52.7 Å². The van der Waals surface area contributed by atoms with Gasteiger partial charge in [0.05, 0.1) is 6.04 Å². The molecule has 0 aliphatic carbocycles. The van der Waals surface area contributed by atoms with Crippen molar-refractivity contribution in [2.24, 2.45) is 0 Å². The molecule has 4 heteroatoms. The first-order valence-corrected chi connectivity index (χ1v) is 7.09. The molecule has 1 atom stereocenters. The summed E-state index contributed by atoms with van der Waals surface area (Å²) in [6.07, 6.45) is 0. The smallest absolute Gasteiger partial charge is 0.240 e. The quantitative estimate of drug-likeness (QED) is 0.757. The first-order chi connectivity index (χ1) is 8.34. The summed E-state index contributed by atoms with van der Waals surface area (Å²) in [5.41, 5.74) is 0. The fraction of sp³-hybridized carbons (Fsp3) is 0.929. The first-order valence-electron chi connectivity index (χ1n) is 7.09. The van der Waals surface area contributed by atoms with Crippen LogP contribution in [0.15, 0.2) is 0 Å². The molecule has 1 heterocycles. The molecule has 0 N–H and O–H groups in total. The second-order valence-electron chi connectivity index (χ2n) is 5.95. The number of nitrogens with zero attached hydrogens (tertiary/aromatic N) is 3. The molecule has 1 aliphatic heterocycles. The van der Waals surface area contributed by atoms with Gasteiger partial charge in [0.15, 0.2) is 0 Å². The van der Waals surface area contributed by atoms with Crippen LogP contribution in [-0.4, -0.2) is 72.0 Å². The molecule has 0 aromatic carbocycles. The molecule has 1 rings (SSSR count). The summed E-state index contributed by atoms with van der Waals surface area (Å²) >= 11 is 0. The molecule has 0 unspecified atom stereocenters. The van der Waals surface area contributed by atoms with Crippen LogP contribution in [0.2, 0.25) is 0 Å². The summed E-state index contributed by atoms with van der Waals surface area (Å²) in [5, 5.41) is 0. The van der Waals surface area contributed by atoms with Gasteiger partial charge in [-0.25, -0.2) is 0 Å². The van der Waals surface area contributed by atoms with E-state index in [-0.39, 0.29) is 24.0 Å². The number of hydrogen-bond donors (Lipinski definition) is 0. The Hall–Kier alpha value is -0.610. The molecule has 0 spiro atoms. The van der Waals surface area contributed by atoms with E-state index >= 15 is 0 Å². The van der Waals surface area contributed by atoms with E-state index in [0.717, 1.165) is 26.2 Å². The van der Waals surface area contributed by atoms with E-state index in [1.165, 1.54) is 0 Å². The van der Waals surface area contributed by atoms with E-state index in [1.807, 2.05) is 11.8 Å². The van der Waals surface area contributed by atoms with Crippen molar-refractivity contribution in [1.82, 2.24) is 14.7 Å². The van der Waals surface area contributed by atoms with Gasteiger partial charge in [0.25, 0.3) is 0 Å². The number of amides is 1. The Bertz CT molecular complexity index is 262. The van der Waals surface area contributed by atoms with Gasteiger partial charge in [-0.1, -0.05) is 0 Å². The molecule has 0 radical (unpaired) electrons. The standard InChI is InChI=1S/C14H29N3O/c1-11(2)17(12(3)4)14(18)13(5)16-9-7-15(6)8-10-16/h11-13H,7-10H2,1-6H3/t13-/m1/s1. The molecular formula is C14H29N3O. The molecule has 0 saturated carbocycles. The molecule has 1 aliphatic rings. The summed E-state index contributed by atoms with van der Waals surface area (Å²) < 4.78 is 0. The van der Waals surface area contributed by atoms with Gasteiger partial charge < -0.3 is 9.80 Å². The first kappa shape index (κ1) is 15.4. The third-order valence-electron chi connectivity index (χ3n) is 3.81. The maximum Gasteiger partial charge on any atom is 0.240 e. The van der Waals surface area contributed by atoms with Crippen LogP contribution in [0.1, 0.15) is 34.6 Å². The second kappa shape index (κ2) is 6.53. The van der Waals surface area contributed by atoms with Crippen molar-refractivity contribution in [2.75, 3.05) is 33.2 Å². The molecule has 1 amide bonds. The van der Waals surface area contributed by atoms with E-state index in [2.05, 4.69) is 44.5 Å². The summed E-state index contributed by atoms with van der Waals surface area (Å²) in [6.45, 7) is 14.5. The Morgan fingerprint density at radius 2 is 1.39 bits per heavy atom. The number of piperazine rings is 1. The average molecular weight is 255 g/mol. The van der Waals surface area contributed by atoms with Crippen LogP contribution in [0.5, 0.6) is 0 Å². The summed E-state index contributed by atoms with van der Waals surface area (Å²) in [6, 6.07) is 0.545. The van der Waals surface area contributed by atoms with Gasteiger partial charge in [-0.3, -0.25) is 9.69 Å². The van der Waals surface area contributed by atoms with Crippen LogP contribution >= 0.6 is 0 Å². The molecule has 0 bridgehead atoms. The van der Waals surface area contributed by atoms with Gasteiger partial charge in [-0.2, -0.15) is 0 Å². The number of likely N-dealkylation sites (N-methyl/N-ethyl adjacent to an activating group) is 1. The third kappa shape index (κ3) is 3.69. The molecule has 1 fully saturated rings. The number of carbonyl (C=O) groups is 1. The van der Waals surface area contributed by atoms with Crippen molar-refractivity contribution in [1.29, 1.82) is 0 Å². The van der Waals surface area contributed by atoms with Crippen molar-refractivity contribution >= 4 is 5.91 Å². The molecular weight excluding hydrogens is 226 g/mol. The number of rotatable bonds is 4. The second-order valence-corrected chi connectivity index (χ2v) is 5.95. The van der Waals surface area contributed by atoms with Gasteiger partial charge in [0.2, 0.25) is 5.91 Å². The maximum atomic E-state index is 12.6. The molecule has 1 saturated heterocycles. The zero-order chi connectivity index (χ0) is 13.9. The zero-order valence-corrected chi connectivity index (χ0v) is 12.8. The van der Waals surface area contributed by atoms with E-state index in [9.17, 15) is 4.79 Å². The Balaban J connectivity index is 2.64. The Morgan fingerprint density at radius 3 is 1.78 bits per heavy atom. The maximum absolute atomic E-state index is 12.6. The molecule has 0 aromatic heterocycles. The normalized spacial score (nSPS) is 20.4. The molecule has 0 aromatic rings. The van der Waals surface area contributed by atoms with Gasteiger partial charge in [0, 0.05) is 38.3 Å². The lowest BCUT2D eigenvalue weighted by Gasteiger charge is -2.40. The van der Waals surface area contributed by atoms with Crippen LogP contribution in [0.4, 0.5) is 0 Å². The Morgan fingerprint density at radius 1 is 0.944 bits per heavy atom. The number of carbonyl (C=O) groups excluding carboxylic acids is 1.